The minimum Gasteiger partial charge on any atom is -0.294 e. The van der Waals surface area contributed by atoms with E-state index in [-0.39, 0.29) is 0 Å². The van der Waals surface area contributed by atoms with Crippen LogP contribution in [0.2, 0.25) is 0 Å². The monoisotopic (exact) mass is 313 g/mol. The van der Waals surface area contributed by atoms with Crippen molar-refractivity contribution in [3.05, 3.63) is 29.1 Å². The van der Waals surface area contributed by atoms with Crippen molar-refractivity contribution in [3.63, 3.8) is 0 Å². The Balaban J connectivity index is 2.07. The van der Waals surface area contributed by atoms with Crippen LogP contribution in [-0.2, 0) is 0 Å². The molecule has 2 heterocycles. The number of thioether (sulfide) groups is 1. The third-order valence-corrected chi connectivity index (χ3v) is 5.87. The molecule has 0 radical (unpaired) electrons. The summed E-state index contributed by atoms with van der Waals surface area (Å²) in [5.41, 5.74) is 3.82. The summed E-state index contributed by atoms with van der Waals surface area (Å²) >= 11 is 2.00. The molecule has 0 aromatic carbocycles. The van der Waals surface area contributed by atoms with E-state index in [4.69, 9.17) is 4.98 Å². The zero-order chi connectivity index (χ0) is 15.7. The molecule has 0 N–H and O–H groups in total. The predicted octanol–water partition coefficient (Wildman–Crippen LogP) is 5.06. The highest BCUT2D eigenvalue weighted by molar-refractivity contribution is 7.99. The SMILES string of the molecule is Cc1cn2c(SC3CCCCC3)c(C(C)C)nc2cc1C#N. The molecule has 116 valence electrons. The first-order chi connectivity index (χ1) is 10.6. The first-order valence-electron chi connectivity index (χ1n) is 8.19. The maximum atomic E-state index is 9.23. The van der Waals surface area contributed by atoms with Crippen molar-refractivity contribution in [1.29, 1.82) is 5.26 Å². The van der Waals surface area contributed by atoms with Crippen LogP contribution in [0.5, 0.6) is 0 Å². The van der Waals surface area contributed by atoms with E-state index in [1.807, 2.05) is 24.8 Å². The summed E-state index contributed by atoms with van der Waals surface area (Å²) < 4.78 is 2.20. The van der Waals surface area contributed by atoms with E-state index < -0.39 is 0 Å². The van der Waals surface area contributed by atoms with Crippen molar-refractivity contribution in [1.82, 2.24) is 9.38 Å². The van der Waals surface area contributed by atoms with E-state index in [0.29, 0.717) is 11.2 Å². The normalized spacial score (nSPS) is 16.3. The van der Waals surface area contributed by atoms with Crippen LogP contribution >= 0.6 is 11.8 Å². The van der Waals surface area contributed by atoms with Crippen LogP contribution in [0, 0.1) is 18.3 Å². The van der Waals surface area contributed by atoms with Crippen molar-refractivity contribution in [3.8, 4) is 6.07 Å². The third-order valence-electron chi connectivity index (χ3n) is 4.44. The molecule has 1 aliphatic carbocycles. The second-order valence-corrected chi connectivity index (χ2v) is 7.83. The van der Waals surface area contributed by atoms with Gasteiger partial charge >= 0.3 is 0 Å². The zero-order valence-corrected chi connectivity index (χ0v) is 14.4. The number of hydrogen-bond acceptors (Lipinski definition) is 3. The lowest BCUT2D eigenvalue weighted by Crippen LogP contribution is -2.09. The second-order valence-electron chi connectivity index (χ2n) is 6.54. The highest BCUT2D eigenvalue weighted by Crippen LogP contribution is 2.38. The van der Waals surface area contributed by atoms with Crippen LogP contribution in [0.3, 0.4) is 0 Å². The number of nitrogens with zero attached hydrogens (tertiary/aromatic N) is 3. The Morgan fingerprint density at radius 3 is 2.68 bits per heavy atom. The molecule has 2 aromatic heterocycles. The van der Waals surface area contributed by atoms with Crippen LogP contribution in [0.15, 0.2) is 17.3 Å². The van der Waals surface area contributed by atoms with Crippen LogP contribution in [0.4, 0.5) is 0 Å². The van der Waals surface area contributed by atoms with Crippen LogP contribution in [0.25, 0.3) is 5.65 Å². The topological polar surface area (TPSA) is 41.1 Å². The fourth-order valence-electron chi connectivity index (χ4n) is 3.14. The van der Waals surface area contributed by atoms with Crippen LogP contribution in [0.1, 0.15) is 68.7 Å². The van der Waals surface area contributed by atoms with E-state index in [1.165, 1.54) is 42.8 Å². The first kappa shape index (κ1) is 15.4. The lowest BCUT2D eigenvalue weighted by Gasteiger charge is -2.21. The molecule has 1 saturated carbocycles. The molecule has 0 amide bonds. The van der Waals surface area contributed by atoms with Gasteiger partial charge in [-0.1, -0.05) is 33.1 Å². The largest absolute Gasteiger partial charge is 0.294 e. The quantitative estimate of drug-likeness (QED) is 0.795. The average molecular weight is 313 g/mol. The molecule has 1 fully saturated rings. The Morgan fingerprint density at radius 2 is 2.05 bits per heavy atom. The summed E-state index contributed by atoms with van der Waals surface area (Å²) in [5.74, 6) is 0.400. The van der Waals surface area contributed by atoms with Crippen molar-refractivity contribution in [2.45, 2.75) is 69.1 Å². The van der Waals surface area contributed by atoms with Gasteiger partial charge in [0, 0.05) is 11.4 Å². The van der Waals surface area contributed by atoms with Gasteiger partial charge in [-0.25, -0.2) is 4.98 Å². The molecule has 0 spiro atoms. The smallest absolute Gasteiger partial charge is 0.139 e. The van der Waals surface area contributed by atoms with Crippen molar-refractivity contribution in [2.24, 2.45) is 0 Å². The molecule has 2 aromatic rings. The summed E-state index contributed by atoms with van der Waals surface area (Å²) in [4.78, 5) is 4.82. The summed E-state index contributed by atoms with van der Waals surface area (Å²) in [6.45, 7) is 6.40. The highest BCUT2D eigenvalue weighted by atomic mass is 32.2. The fraction of sp³-hybridized carbons (Fsp3) is 0.556. The van der Waals surface area contributed by atoms with Crippen LogP contribution < -0.4 is 0 Å². The zero-order valence-electron chi connectivity index (χ0n) is 13.6. The van der Waals surface area contributed by atoms with E-state index >= 15 is 0 Å². The molecule has 3 rings (SSSR count). The van der Waals surface area contributed by atoms with E-state index in [1.54, 1.807) is 0 Å². The number of imidazole rings is 1. The average Bonchev–Trinajstić information content (AvgIpc) is 2.85. The Hall–Kier alpha value is -1.47. The van der Waals surface area contributed by atoms with Gasteiger partial charge < -0.3 is 0 Å². The standard InChI is InChI=1S/C18H23N3S/c1-12(2)17-18(22-15-7-5-4-6-8-15)21-11-13(3)14(10-19)9-16(21)20-17/h9,11-12,15H,4-8H2,1-3H3. The molecule has 0 aliphatic heterocycles. The molecular weight excluding hydrogens is 290 g/mol. The number of fused-ring (bicyclic) bond motifs is 1. The van der Waals surface area contributed by atoms with Crippen molar-refractivity contribution < 1.29 is 0 Å². The lowest BCUT2D eigenvalue weighted by atomic mass is 10.0. The number of aromatic nitrogens is 2. The number of pyridine rings is 1. The van der Waals surface area contributed by atoms with Crippen molar-refractivity contribution in [2.75, 3.05) is 0 Å². The Bertz CT molecular complexity index is 718. The lowest BCUT2D eigenvalue weighted by molar-refractivity contribution is 0.515. The molecule has 22 heavy (non-hydrogen) atoms. The van der Waals surface area contributed by atoms with Gasteiger partial charge in [0.2, 0.25) is 0 Å². The van der Waals surface area contributed by atoms with Gasteiger partial charge in [-0.05, 0) is 37.3 Å². The first-order valence-corrected chi connectivity index (χ1v) is 9.07. The Labute approximate surface area is 136 Å². The maximum Gasteiger partial charge on any atom is 0.139 e. The molecule has 1 aliphatic rings. The predicted molar refractivity (Wildman–Crippen MR) is 91.5 cm³/mol. The fourth-order valence-corrected chi connectivity index (χ4v) is 4.69. The molecular formula is C18H23N3S. The van der Waals surface area contributed by atoms with E-state index in [9.17, 15) is 5.26 Å². The molecule has 4 heteroatoms. The summed E-state index contributed by atoms with van der Waals surface area (Å²) in [5, 5.41) is 11.2. The minimum absolute atomic E-state index is 0.400. The van der Waals surface area contributed by atoms with Gasteiger partial charge in [0.15, 0.2) is 0 Å². The van der Waals surface area contributed by atoms with Gasteiger partial charge in [0.1, 0.15) is 10.7 Å². The third kappa shape index (κ3) is 2.87. The Kier molecular flexibility index (Phi) is 4.44. The number of rotatable bonds is 3. The molecule has 0 bridgehead atoms. The summed E-state index contributed by atoms with van der Waals surface area (Å²) in [6, 6.07) is 4.19. The molecule has 3 nitrogen and oxygen atoms in total. The molecule has 0 unspecified atom stereocenters. The number of aryl methyl sites for hydroxylation is 1. The number of nitriles is 1. The highest BCUT2D eigenvalue weighted by Gasteiger charge is 2.22. The van der Waals surface area contributed by atoms with E-state index in [0.717, 1.165) is 16.8 Å². The summed E-state index contributed by atoms with van der Waals surface area (Å²) in [6.07, 6.45) is 8.78. The van der Waals surface area contributed by atoms with Crippen molar-refractivity contribution >= 4 is 17.4 Å². The molecule has 0 saturated heterocycles. The van der Waals surface area contributed by atoms with E-state index in [2.05, 4.69) is 30.5 Å². The summed E-state index contributed by atoms with van der Waals surface area (Å²) in [7, 11) is 0. The molecule has 0 atom stereocenters. The van der Waals surface area contributed by atoms with Gasteiger partial charge in [-0.3, -0.25) is 4.40 Å². The van der Waals surface area contributed by atoms with Crippen LogP contribution in [-0.4, -0.2) is 14.6 Å². The second kappa shape index (κ2) is 6.34. The van der Waals surface area contributed by atoms with Gasteiger partial charge in [0.05, 0.1) is 17.3 Å². The Morgan fingerprint density at radius 1 is 1.32 bits per heavy atom. The maximum absolute atomic E-state index is 9.23. The van der Waals surface area contributed by atoms with Gasteiger partial charge in [-0.15, -0.1) is 11.8 Å². The minimum atomic E-state index is 0.400. The number of hydrogen-bond donors (Lipinski definition) is 0. The van der Waals surface area contributed by atoms with Gasteiger partial charge in [-0.2, -0.15) is 5.26 Å². The van der Waals surface area contributed by atoms with Gasteiger partial charge in [0.25, 0.3) is 0 Å².